The summed E-state index contributed by atoms with van der Waals surface area (Å²) in [6.07, 6.45) is -0.0189. The van der Waals surface area contributed by atoms with Crippen molar-refractivity contribution in [2.75, 3.05) is 6.54 Å². The second-order valence-electron chi connectivity index (χ2n) is 5.85. The highest BCUT2D eigenvalue weighted by molar-refractivity contribution is 7.39. The van der Waals surface area contributed by atoms with Crippen LogP contribution in [0.25, 0.3) is 0 Å². The fraction of sp³-hybridized carbons (Fsp3) is 0.222. The lowest BCUT2D eigenvalue weighted by molar-refractivity contribution is -0.141. The molecule has 11 heteroatoms. The van der Waals surface area contributed by atoms with E-state index in [2.05, 4.69) is 9.84 Å². The number of benzene rings is 2. The quantitative estimate of drug-likeness (QED) is 0.248. The molecule has 1 amide bonds. The van der Waals surface area contributed by atoms with Gasteiger partial charge in [-0.05, 0) is 36.8 Å². The lowest BCUT2D eigenvalue weighted by Gasteiger charge is -2.14. The molecule has 2 rings (SSSR count). The van der Waals surface area contributed by atoms with Crippen LogP contribution in [0.1, 0.15) is 11.1 Å². The van der Waals surface area contributed by atoms with Gasteiger partial charge in [-0.25, -0.2) is 4.79 Å². The number of aliphatic carboxylic acids is 1. The zero-order chi connectivity index (χ0) is 22.0. The van der Waals surface area contributed by atoms with Crippen molar-refractivity contribution in [3.05, 3.63) is 53.6 Å². The van der Waals surface area contributed by atoms with Gasteiger partial charge in [0.1, 0.15) is 11.8 Å². The van der Waals surface area contributed by atoms with E-state index in [1.54, 1.807) is 12.1 Å². The normalized spacial score (nSPS) is 11.2. The van der Waals surface area contributed by atoms with Crippen molar-refractivity contribution < 1.29 is 39.2 Å². The van der Waals surface area contributed by atoms with E-state index in [4.69, 9.17) is 25.7 Å². The van der Waals surface area contributed by atoms with E-state index in [1.165, 1.54) is 18.2 Å². The number of nitrogens with one attached hydrogen (secondary N) is 1. The van der Waals surface area contributed by atoms with Gasteiger partial charge in [-0.3, -0.25) is 4.79 Å². The first-order valence-corrected chi connectivity index (χ1v) is 9.44. The number of carboxylic acids is 1. The molecule has 0 aromatic heterocycles. The molecule has 0 spiro atoms. The van der Waals surface area contributed by atoms with Gasteiger partial charge in [0.2, 0.25) is 5.91 Å². The molecule has 0 aliphatic heterocycles. The molecule has 0 radical (unpaired) electrons. The average Bonchev–Trinajstić information content (AvgIpc) is 2.66. The van der Waals surface area contributed by atoms with E-state index in [0.717, 1.165) is 5.56 Å². The first-order valence-electron chi connectivity index (χ1n) is 8.28. The van der Waals surface area contributed by atoms with E-state index >= 15 is 0 Å². The number of carbonyl (C=O) groups excluding carboxylic acids is 1. The molecule has 0 heterocycles. The van der Waals surface area contributed by atoms with Crippen molar-refractivity contribution in [2.45, 2.75) is 19.4 Å². The molecule has 29 heavy (non-hydrogen) atoms. The van der Waals surface area contributed by atoms with Crippen LogP contribution in [-0.2, 0) is 16.0 Å². The first kappa shape index (κ1) is 24.1. The standard InChI is InChI=1S/C11H14N2O5.C7H9O3P/c12-5-10(16)13-7(11(17)18)3-6-1-2-8(14)9(15)4-6;1-6-2-4-7(5-3-6)10-11(8)9/h1-2,4,7,14-15H,3,5,12H2,(H,13,16)(H,17,18);2-5,8-9H,1H3. The Hall–Kier alpha value is -2.91. The Labute approximate surface area is 168 Å². The van der Waals surface area contributed by atoms with Gasteiger partial charge < -0.3 is 40.7 Å². The van der Waals surface area contributed by atoms with E-state index in [1.807, 2.05) is 19.1 Å². The predicted octanol–water partition coefficient (Wildman–Crippen LogP) is 0.754. The van der Waals surface area contributed by atoms with E-state index in [9.17, 15) is 14.7 Å². The summed E-state index contributed by atoms with van der Waals surface area (Å²) in [5, 5.41) is 29.6. The topological polar surface area (TPSA) is 183 Å². The van der Waals surface area contributed by atoms with Gasteiger partial charge in [-0.1, -0.05) is 23.8 Å². The minimum Gasteiger partial charge on any atom is -0.504 e. The van der Waals surface area contributed by atoms with Crippen LogP contribution in [-0.4, -0.2) is 49.6 Å². The van der Waals surface area contributed by atoms with Crippen LogP contribution in [0.3, 0.4) is 0 Å². The number of carboxylic acid groups (broad SMARTS) is 1. The van der Waals surface area contributed by atoms with Gasteiger partial charge in [0.05, 0.1) is 6.54 Å². The van der Waals surface area contributed by atoms with Crippen molar-refractivity contribution in [1.82, 2.24) is 5.32 Å². The van der Waals surface area contributed by atoms with Gasteiger partial charge in [-0.2, -0.15) is 0 Å². The second-order valence-corrected chi connectivity index (χ2v) is 6.53. The van der Waals surface area contributed by atoms with Crippen LogP contribution in [0.4, 0.5) is 0 Å². The lowest BCUT2D eigenvalue weighted by atomic mass is 10.1. The van der Waals surface area contributed by atoms with Crippen LogP contribution in [0.15, 0.2) is 42.5 Å². The number of rotatable bonds is 7. The molecule has 2 aromatic carbocycles. The third kappa shape index (κ3) is 9.22. The van der Waals surface area contributed by atoms with Crippen LogP contribution in [0.5, 0.6) is 17.2 Å². The van der Waals surface area contributed by atoms with Crippen molar-refractivity contribution >= 4 is 20.5 Å². The van der Waals surface area contributed by atoms with Crippen molar-refractivity contribution in [3.63, 3.8) is 0 Å². The van der Waals surface area contributed by atoms with Crippen molar-refractivity contribution in [3.8, 4) is 17.2 Å². The highest BCUT2D eigenvalue weighted by Crippen LogP contribution is 2.28. The van der Waals surface area contributed by atoms with Crippen LogP contribution in [0, 0.1) is 6.92 Å². The second kappa shape index (κ2) is 11.8. The zero-order valence-corrected chi connectivity index (χ0v) is 16.4. The fourth-order valence-electron chi connectivity index (χ4n) is 2.08. The molecule has 2 aromatic rings. The van der Waals surface area contributed by atoms with Gasteiger partial charge >= 0.3 is 14.6 Å². The zero-order valence-electron chi connectivity index (χ0n) is 15.5. The molecule has 0 aliphatic rings. The summed E-state index contributed by atoms with van der Waals surface area (Å²) in [5.74, 6) is -1.94. The van der Waals surface area contributed by atoms with E-state index < -0.39 is 26.5 Å². The number of aryl methyl sites for hydroxylation is 1. The molecular formula is C18H23N2O8P. The summed E-state index contributed by atoms with van der Waals surface area (Å²) in [5.41, 5.74) is 6.66. The Balaban J connectivity index is 0.000000326. The SMILES string of the molecule is Cc1ccc(OP(O)O)cc1.NCC(=O)NC(Cc1ccc(O)c(O)c1)C(=O)O. The van der Waals surface area contributed by atoms with Crippen LogP contribution >= 0.6 is 8.60 Å². The number of nitrogens with two attached hydrogens (primary N) is 1. The molecule has 0 fully saturated rings. The monoisotopic (exact) mass is 426 g/mol. The average molecular weight is 426 g/mol. The maximum absolute atomic E-state index is 11.0. The first-order chi connectivity index (χ1) is 13.6. The smallest absolute Gasteiger partial charge is 0.391 e. The maximum Gasteiger partial charge on any atom is 0.391 e. The number of amides is 1. The summed E-state index contributed by atoms with van der Waals surface area (Å²) in [6.45, 7) is 1.65. The summed E-state index contributed by atoms with van der Waals surface area (Å²) in [4.78, 5) is 38.9. The van der Waals surface area contributed by atoms with Gasteiger partial charge in [0.15, 0.2) is 11.5 Å². The molecule has 10 nitrogen and oxygen atoms in total. The Morgan fingerprint density at radius 3 is 2.21 bits per heavy atom. The predicted molar refractivity (Wildman–Crippen MR) is 105 cm³/mol. The highest BCUT2D eigenvalue weighted by Gasteiger charge is 2.20. The Morgan fingerprint density at radius 1 is 1.10 bits per heavy atom. The molecule has 158 valence electrons. The number of phenols is 2. The summed E-state index contributed by atoms with van der Waals surface area (Å²) < 4.78 is 4.65. The summed E-state index contributed by atoms with van der Waals surface area (Å²) in [6, 6.07) is 9.87. The Bertz CT molecular complexity index is 814. The van der Waals surface area contributed by atoms with Gasteiger partial charge in [0, 0.05) is 6.42 Å². The molecule has 1 atom stereocenters. The molecular weight excluding hydrogens is 403 g/mol. The number of hydrogen-bond donors (Lipinski definition) is 7. The van der Waals surface area contributed by atoms with Crippen LogP contribution in [0.2, 0.25) is 0 Å². The van der Waals surface area contributed by atoms with Crippen LogP contribution < -0.4 is 15.6 Å². The van der Waals surface area contributed by atoms with E-state index in [0.29, 0.717) is 11.3 Å². The number of aromatic hydroxyl groups is 2. The Kier molecular flexibility index (Phi) is 9.84. The van der Waals surface area contributed by atoms with Crippen molar-refractivity contribution in [2.24, 2.45) is 5.73 Å². The molecule has 0 bridgehead atoms. The number of hydrogen-bond acceptors (Lipinski definition) is 8. The molecule has 0 saturated heterocycles. The third-order valence-corrected chi connectivity index (χ3v) is 3.88. The molecule has 0 saturated carbocycles. The Morgan fingerprint density at radius 2 is 1.72 bits per heavy atom. The fourth-order valence-corrected chi connectivity index (χ4v) is 2.39. The molecule has 8 N–H and O–H groups in total. The highest BCUT2D eigenvalue weighted by atomic mass is 31.2. The number of carbonyl (C=O) groups is 2. The molecule has 1 unspecified atom stereocenters. The minimum atomic E-state index is -2.29. The minimum absolute atomic E-state index is 0.0189. The summed E-state index contributed by atoms with van der Waals surface area (Å²) >= 11 is 0. The number of phenolic OH excluding ortho intramolecular Hbond substituents is 2. The van der Waals surface area contributed by atoms with Gasteiger partial charge in [0.25, 0.3) is 0 Å². The third-order valence-electron chi connectivity index (χ3n) is 3.51. The van der Waals surface area contributed by atoms with Gasteiger partial charge in [-0.15, -0.1) is 0 Å². The summed E-state index contributed by atoms with van der Waals surface area (Å²) in [7, 11) is -2.29. The molecule has 0 aliphatic carbocycles. The van der Waals surface area contributed by atoms with E-state index in [-0.39, 0.29) is 24.5 Å². The maximum atomic E-state index is 11.0. The van der Waals surface area contributed by atoms with Crippen molar-refractivity contribution in [1.29, 1.82) is 0 Å². The largest absolute Gasteiger partial charge is 0.504 e. The lowest BCUT2D eigenvalue weighted by Crippen LogP contribution is -2.44.